The molecule has 1 aliphatic rings. The number of aromatic amines is 1. The van der Waals surface area contributed by atoms with Gasteiger partial charge in [0.05, 0.1) is 6.10 Å². The Hall–Kier alpha value is -2.64. The molecule has 4 rings (SSSR count). The van der Waals surface area contributed by atoms with Crippen LogP contribution in [0, 0.1) is 6.92 Å². The number of hydrogen-bond donors (Lipinski definition) is 2. The summed E-state index contributed by atoms with van der Waals surface area (Å²) in [7, 11) is 0. The molecule has 1 fully saturated rings. The number of nitrogens with zero attached hydrogens (tertiary/aromatic N) is 2. The van der Waals surface area contributed by atoms with E-state index < -0.39 is 0 Å². The number of carbonyl (C=O) groups excluding carboxylic acids is 1. The molecule has 28 heavy (non-hydrogen) atoms. The van der Waals surface area contributed by atoms with Crippen molar-refractivity contribution in [1.29, 1.82) is 0 Å². The number of nitrogens with one attached hydrogen (secondary N) is 2. The fourth-order valence-electron chi connectivity index (χ4n) is 3.47. The van der Waals surface area contributed by atoms with Crippen molar-refractivity contribution in [3.63, 3.8) is 0 Å². The van der Waals surface area contributed by atoms with Gasteiger partial charge in [0.15, 0.2) is 5.65 Å². The van der Waals surface area contributed by atoms with E-state index >= 15 is 0 Å². The van der Waals surface area contributed by atoms with Crippen molar-refractivity contribution >= 4 is 23.2 Å². The van der Waals surface area contributed by atoms with Gasteiger partial charge in [0.1, 0.15) is 5.56 Å². The number of aryl methyl sites for hydroxylation is 1. The zero-order chi connectivity index (χ0) is 19.7. The molecule has 146 valence electrons. The summed E-state index contributed by atoms with van der Waals surface area (Å²) in [5.74, 6) is -0.278. The van der Waals surface area contributed by atoms with Gasteiger partial charge in [-0.15, -0.1) is 0 Å². The lowest BCUT2D eigenvalue weighted by Gasteiger charge is -2.10. The molecule has 0 aliphatic carbocycles. The average Bonchev–Trinajstić information content (AvgIpc) is 3.34. The molecule has 1 amide bonds. The fourth-order valence-corrected chi connectivity index (χ4v) is 3.67. The number of ether oxygens (including phenoxy) is 1. The summed E-state index contributed by atoms with van der Waals surface area (Å²) < 4.78 is 6.83. The molecule has 0 saturated carbocycles. The van der Waals surface area contributed by atoms with Crippen LogP contribution in [0.2, 0.25) is 5.02 Å². The molecule has 0 radical (unpaired) electrons. The first-order valence-corrected chi connectivity index (χ1v) is 9.65. The zero-order valence-corrected chi connectivity index (χ0v) is 16.3. The summed E-state index contributed by atoms with van der Waals surface area (Å²) in [4.78, 5) is 30.0. The van der Waals surface area contributed by atoms with Crippen LogP contribution in [0.4, 0.5) is 0 Å². The number of rotatable bonds is 5. The van der Waals surface area contributed by atoms with Crippen molar-refractivity contribution < 1.29 is 9.53 Å². The molecule has 7 nitrogen and oxygen atoms in total. The van der Waals surface area contributed by atoms with Gasteiger partial charge in [-0.2, -0.15) is 0 Å². The van der Waals surface area contributed by atoms with Gasteiger partial charge in [0, 0.05) is 42.0 Å². The summed E-state index contributed by atoms with van der Waals surface area (Å²) in [6.45, 7) is 2.95. The summed E-state index contributed by atoms with van der Waals surface area (Å²) in [6.07, 6.45) is 3.88. The van der Waals surface area contributed by atoms with Crippen molar-refractivity contribution in [3.8, 4) is 0 Å². The Labute approximate surface area is 166 Å². The largest absolute Gasteiger partial charge is 0.376 e. The van der Waals surface area contributed by atoms with Crippen LogP contribution in [0.25, 0.3) is 5.65 Å². The molecule has 1 aliphatic heterocycles. The van der Waals surface area contributed by atoms with Gasteiger partial charge in [0.2, 0.25) is 0 Å². The Morgan fingerprint density at radius 3 is 3.00 bits per heavy atom. The van der Waals surface area contributed by atoms with Gasteiger partial charge >= 0.3 is 0 Å². The van der Waals surface area contributed by atoms with E-state index in [1.165, 1.54) is 10.7 Å². The third-order valence-corrected chi connectivity index (χ3v) is 5.41. The Morgan fingerprint density at radius 2 is 2.25 bits per heavy atom. The van der Waals surface area contributed by atoms with E-state index in [2.05, 4.69) is 15.4 Å². The van der Waals surface area contributed by atoms with Crippen LogP contribution in [-0.2, 0) is 11.2 Å². The topological polar surface area (TPSA) is 88.5 Å². The second-order valence-corrected chi connectivity index (χ2v) is 7.35. The molecular formula is C20H21ClN4O3. The quantitative estimate of drug-likeness (QED) is 0.688. The lowest BCUT2D eigenvalue weighted by Crippen LogP contribution is -2.32. The minimum atomic E-state index is -0.278. The minimum absolute atomic E-state index is 0.0498. The summed E-state index contributed by atoms with van der Waals surface area (Å²) in [5.41, 5.74) is 2.39. The highest BCUT2D eigenvalue weighted by Crippen LogP contribution is 2.19. The van der Waals surface area contributed by atoms with Gasteiger partial charge < -0.3 is 10.1 Å². The van der Waals surface area contributed by atoms with Crippen molar-refractivity contribution in [3.05, 3.63) is 68.2 Å². The van der Waals surface area contributed by atoms with E-state index in [0.29, 0.717) is 40.5 Å². The lowest BCUT2D eigenvalue weighted by molar-refractivity contribution is 0.0859. The smallest absolute Gasteiger partial charge is 0.276 e. The first kappa shape index (κ1) is 18.7. The summed E-state index contributed by atoms with van der Waals surface area (Å²) in [5, 5.41) is 6.32. The minimum Gasteiger partial charge on any atom is -0.376 e. The molecule has 1 saturated heterocycles. The van der Waals surface area contributed by atoms with Crippen molar-refractivity contribution in [2.45, 2.75) is 32.3 Å². The first-order chi connectivity index (χ1) is 13.5. The number of amides is 1. The van der Waals surface area contributed by atoms with Crippen LogP contribution in [0.15, 0.2) is 35.3 Å². The predicted molar refractivity (Wildman–Crippen MR) is 106 cm³/mol. The van der Waals surface area contributed by atoms with Crippen LogP contribution in [0.5, 0.6) is 0 Å². The normalized spacial score (nSPS) is 16.6. The Balaban J connectivity index is 1.62. The molecule has 3 aromatic rings. The molecule has 2 N–H and O–H groups in total. The number of fused-ring (bicyclic) bond motifs is 1. The van der Waals surface area contributed by atoms with E-state index in [1.54, 1.807) is 13.0 Å². The predicted octanol–water partition coefficient (Wildman–Crippen LogP) is 2.48. The third kappa shape index (κ3) is 3.55. The van der Waals surface area contributed by atoms with E-state index in [4.69, 9.17) is 16.3 Å². The second-order valence-electron chi connectivity index (χ2n) is 6.94. The summed E-state index contributed by atoms with van der Waals surface area (Å²) >= 11 is 6.23. The standard InChI is InChI=1S/C20H21ClN4O3/c1-12-15(9-13-5-2-3-7-17(13)21)20(27)25-18(24-12)16(11-23-25)19(26)22-10-14-6-4-8-28-14/h2-3,5,7,11,14,23H,4,6,8-10H2,1H3,(H,22,26). The third-order valence-electron chi connectivity index (χ3n) is 5.05. The molecular weight excluding hydrogens is 380 g/mol. The van der Waals surface area contributed by atoms with Gasteiger partial charge in [0.25, 0.3) is 11.5 Å². The molecule has 2 aromatic heterocycles. The van der Waals surface area contributed by atoms with Gasteiger partial charge in [-0.1, -0.05) is 29.8 Å². The Morgan fingerprint density at radius 1 is 1.43 bits per heavy atom. The molecule has 3 heterocycles. The number of H-pyrrole nitrogens is 1. The molecule has 1 aromatic carbocycles. The number of aromatic nitrogens is 3. The molecule has 8 heteroatoms. The van der Waals surface area contributed by atoms with Crippen molar-refractivity contribution in [2.24, 2.45) is 0 Å². The molecule has 1 unspecified atom stereocenters. The highest BCUT2D eigenvalue weighted by molar-refractivity contribution is 6.31. The first-order valence-electron chi connectivity index (χ1n) is 9.27. The Bertz CT molecular complexity index is 1080. The van der Waals surface area contributed by atoms with Crippen LogP contribution >= 0.6 is 11.6 Å². The van der Waals surface area contributed by atoms with Crippen LogP contribution in [-0.4, -0.2) is 39.8 Å². The van der Waals surface area contributed by atoms with Crippen LogP contribution in [0.1, 0.15) is 40.0 Å². The van der Waals surface area contributed by atoms with Gasteiger partial charge in [-0.05, 0) is 31.4 Å². The molecule has 1 atom stereocenters. The second kappa shape index (κ2) is 7.77. The number of hydrogen-bond acceptors (Lipinski definition) is 4. The summed E-state index contributed by atoms with van der Waals surface area (Å²) in [6, 6.07) is 7.40. The number of benzene rings is 1. The van der Waals surface area contributed by atoms with Gasteiger partial charge in [-0.3, -0.25) is 14.7 Å². The molecule has 0 spiro atoms. The number of halogens is 1. The Kier molecular flexibility index (Phi) is 5.19. The maximum absolute atomic E-state index is 13.0. The fraction of sp³-hybridized carbons (Fsp3) is 0.350. The van der Waals surface area contributed by atoms with Crippen molar-refractivity contribution in [2.75, 3.05) is 13.2 Å². The maximum Gasteiger partial charge on any atom is 0.276 e. The molecule has 0 bridgehead atoms. The van der Waals surface area contributed by atoms with Gasteiger partial charge in [-0.25, -0.2) is 9.50 Å². The maximum atomic E-state index is 13.0. The number of carbonyl (C=O) groups is 1. The monoisotopic (exact) mass is 400 g/mol. The average molecular weight is 401 g/mol. The highest BCUT2D eigenvalue weighted by Gasteiger charge is 2.21. The lowest BCUT2D eigenvalue weighted by atomic mass is 10.0. The van der Waals surface area contributed by atoms with E-state index in [-0.39, 0.29) is 17.6 Å². The zero-order valence-electron chi connectivity index (χ0n) is 15.5. The highest BCUT2D eigenvalue weighted by atomic mass is 35.5. The van der Waals surface area contributed by atoms with Crippen LogP contribution < -0.4 is 10.9 Å². The van der Waals surface area contributed by atoms with Crippen molar-refractivity contribution in [1.82, 2.24) is 19.9 Å². The SMILES string of the molecule is Cc1nc2c(C(=O)NCC3CCCO3)c[nH]n2c(=O)c1Cc1ccccc1Cl. The van der Waals surface area contributed by atoms with Crippen LogP contribution in [0.3, 0.4) is 0 Å². The van der Waals surface area contributed by atoms with E-state index in [0.717, 1.165) is 25.0 Å². The van der Waals surface area contributed by atoms with E-state index in [1.807, 2.05) is 18.2 Å². The van der Waals surface area contributed by atoms with E-state index in [9.17, 15) is 9.59 Å².